The molecule has 2 heterocycles. The van der Waals surface area contributed by atoms with Crippen molar-refractivity contribution in [1.82, 2.24) is 46.9 Å². The number of hydrogen-bond donors (Lipinski definition) is 8. The largest absolute Gasteiger partial charge is 0.508 e. The van der Waals surface area contributed by atoms with Crippen molar-refractivity contribution in [2.45, 2.75) is 95.2 Å². The lowest BCUT2D eigenvalue weighted by Gasteiger charge is -2.26. The quantitative estimate of drug-likeness (QED) is 0.136. The summed E-state index contributed by atoms with van der Waals surface area (Å²) < 4.78 is 1.56. The van der Waals surface area contributed by atoms with Crippen LogP contribution in [-0.4, -0.2) is 98.8 Å². The minimum atomic E-state index is -1.21. The van der Waals surface area contributed by atoms with Gasteiger partial charge in [-0.2, -0.15) is 0 Å². The third kappa shape index (κ3) is 12.1. The number of benzene rings is 2. The summed E-state index contributed by atoms with van der Waals surface area (Å²) in [4.78, 5) is 80.2. The summed E-state index contributed by atoms with van der Waals surface area (Å²) in [6.45, 7) is 3.47. The van der Waals surface area contributed by atoms with Crippen LogP contribution >= 0.6 is 0 Å². The molecule has 0 aliphatic carbocycles. The van der Waals surface area contributed by atoms with Crippen molar-refractivity contribution < 1.29 is 33.9 Å². The van der Waals surface area contributed by atoms with E-state index in [0.717, 1.165) is 0 Å². The minimum Gasteiger partial charge on any atom is -0.508 e. The number of aromatic nitrogens is 3. The number of primary amides is 1. The summed E-state index contributed by atoms with van der Waals surface area (Å²) in [5, 5.41) is 34.4. The molecular weight excluding hydrogens is 684 g/mol. The highest BCUT2D eigenvalue weighted by atomic mass is 16.3. The summed E-state index contributed by atoms with van der Waals surface area (Å²) in [6.07, 6.45) is 2.82. The van der Waals surface area contributed by atoms with Gasteiger partial charge in [0.1, 0.15) is 36.0 Å². The molecule has 17 heteroatoms. The maximum atomic E-state index is 14.0. The predicted molar refractivity (Wildman–Crippen MR) is 193 cm³/mol. The second-order valence-corrected chi connectivity index (χ2v) is 13.1. The number of phenolic OH excluding ortho intramolecular Hbond substituents is 1. The first-order valence-electron chi connectivity index (χ1n) is 17.5. The van der Waals surface area contributed by atoms with E-state index >= 15 is 0 Å². The Morgan fingerprint density at radius 2 is 1.51 bits per heavy atom. The van der Waals surface area contributed by atoms with Crippen molar-refractivity contribution >= 4 is 35.4 Å². The molecule has 0 spiro atoms. The van der Waals surface area contributed by atoms with Crippen molar-refractivity contribution in [2.24, 2.45) is 5.73 Å². The molecule has 0 saturated carbocycles. The van der Waals surface area contributed by atoms with Gasteiger partial charge in [0, 0.05) is 32.0 Å². The normalized spacial score (nSPS) is 22.9. The lowest BCUT2D eigenvalue weighted by Crippen LogP contribution is -2.59. The highest BCUT2D eigenvalue weighted by molar-refractivity contribution is 5.96. The second kappa shape index (κ2) is 19.1. The third-order valence-electron chi connectivity index (χ3n) is 8.93. The molecule has 53 heavy (non-hydrogen) atoms. The minimum absolute atomic E-state index is 0.0122. The van der Waals surface area contributed by atoms with Crippen molar-refractivity contribution in [1.29, 1.82) is 0 Å². The number of phenols is 1. The maximum Gasteiger partial charge on any atom is 0.243 e. The molecule has 2 bridgehead atoms. The van der Waals surface area contributed by atoms with E-state index in [2.05, 4.69) is 42.2 Å². The molecule has 3 aromatic rings. The molecule has 0 fully saturated rings. The topological polar surface area (TPSA) is 252 Å². The van der Waals surface area contributed by atoms with Crippen LogP contribution in [0.25, 0.3) is 0 Å². The molecule has 1 aliphatic rings. The van der Waals surface area contributed by atoms with Crippen molar-refractivity contribution in [3.05, 3.63) is 77.6 Å². The van der Waals surface area contributed by atoms with Gasteiger partial charge >= 0.3 is 0 Å². The average molecular weight is 733 g/mol. The van der Waals surface area contributed by atoms with Gasteiger partial charge < -0.3 is 42.7 Å². The Hall–Kier alpha value is -5.84. The van der Waals surface area contributed by atoms with Gasteiger partial charge in [-0.3, -0.25) is 33.4 Å². The van der Waals surface area contributed by atoms with E-state index < -0.39 is 71.7 Å². The summed E-state index contributed by atoms with van der Waals surface area (Å²) in [5.41, 5.74) is 7.40. The second-order valence-electron chi connectivity index (χ2n) is 13.1. The SMILES string of the molecule is CN[C@@H](C)C(=O)N[C@H]1Cc2cn(nn2)CCCC[C@@H](C(N)=O)NC(=O)[C@H](Cc2ccc(O)cc2)NC(=O)[C@H](Cc2ccccc2)NC(=O)[C@H](C)NC1=O. The number of likely N-dealkylation sites (N-methyl/N-ethyl adjacent to an activating group) is 1. The first kappa shape index (κ1) is 39.9. The summed E-state index contributed by atoms with van der Waals surface area (Å²) >= 11 is 0. The predicted octanol–water partition coefficient (Wildman–Crippen LogP) is -1.27. The molecule has 2 aromatic carbocycles. The number of nitrogens with zero attached hydrogens (tertiary/aromatic N) is 3. The Balaban J connectivity index is 1.67. The van der Waals surface area contributed by atoms with E-state index in [-0.39, 0.29) is 31.4 Å². The summed E-state index contributed by atoms with van der Waals surface area (Å²) in [7, 11) is 1.60. The Morgan fingerprint density at radius 1 is 0.887 bits per heavy atom. The van der Waals surface area contributed by atoms with Gasteiger partial charge in [0.25, 0.3) is 0 Å². The monoisotopic (exact) mass is 732 g/mol. The van der Waals surface area contributed by atoms with Crippen LogP contribution < -0.4 is 37.6 Å². The number of fused-ring (bicyclic) bond motifs is 2. The van der Waals surface area contributed by atoms with Gasteiger partial charge in [0.05, 0.1) is 11.7 Å². The molecule has 1 aromatic heterocycles. The Morgan fingerprint density at radius 3 is 2.15 bits per heavy atom. The number of nitrogens with two attached hydrogens (primary N) is 1. The lowest BCUT2D eigenvalue weighted by atomic mass is 10.0. The molecule has 1 aliphatic heterocycles. The first-order chi connectivity index (χ1) is 25.3. The van der Waals surface area contributed by atoms with Crippen molar-refractivity contribution in [3.8, 4) is 5.75 Å². The maximum absolute atomic E-state index is 14.0. The number of hydrogen-bond acceptors (Lipinski definition) is 10. The van der Waals surface area contributed by atoms with Crippen molar-refractivity contribution in [2.75, 3.05) is 7.05 Å². The van der Waals surface area contributed by atoms with Crippen LogP contribution in [0.4, 0.5) is 0 Å². The zero-order chi connectivity index (χ0) is 38.5. The van der Waals surface area contributed by atoms with Crippen molar-refractivity contribution in [3.63, 3.8) is 0 Å². The standard InChI is InChI=1S/C36H48N10O7/c1-21(38-3)32(49)42-30-19-25-20-46(45-44-25)16-8-7-11-27(31(37)48)40-35(52)29(18-24-12-14-26(47)15-13-24)43-36(53)28(17-23-9-5-4-6-10-23)41-33(50)22(2)39-34(30)51/h4-6,9-10,12-15,20-22,27-30,38,47H,7-8,11,16-19H2,1-3H3,(H2,37,48)(H,39,51)(H,40,52)(H,41,50)(H,42,49)(H,43,53)/t21-,22-,27-,28-,29-,30-/m0/s1. The van der Waals surface area contributed by atoms with Crippen LogP contribution in [0.2, 0.25) is 0 Å². The number of carbonyl (C=O) groups excluding carboxylic acids is 6. The molecule has 0 radical (unpaired) electrons. The fourth-order valence-electron chi connectivity index (χ4n) is 5.65. The molecule has 9 N–H and O–H groups in total. The van der Waals surface area contributed by atoms with Gasteiger partial charge in [-0.1, -0.05) is 47.7 Å². The molecule has 284 valence electrons. The van der Waals surface area contributed by atoms with Crippen LogP contribution in [0, 0.1) is 0 Å². The number of nitrogens with one attached hydrogen (secondary N) is 6. The van der Waals surface area contributed by atoms with E-state index in [1.165, 1.54) is 19.1 Å². The fourth-order valence-corrected chi connectivity index (χ4v) is 5.65. The van der Waals surface area contributed by atoms with Gasteiger partial charge in [-0.15, -0.1) is 5.10 Å². The number of rotatable bonds is 8. The van der Waals surface area contributed by atoms with Gasteiger partial charge in [0.15, 0.2) is 0 Å². The van der Waals surface area contributed by atoms with Crippen LogP contribution in [0.5, 0.6) is 5.75 Å². The highest BCUT2D eigenvalue weighted by Crippen LogP contribution is 2.13. The van der Waals surface area contributed by atoms with Gasteiger partial charge in [-0.25, -0.2) is 0 Å². The molecule has 6 amide bonds. The Labute approximate surface area is 307 Å². The van der Waals surface area contributed by atoms with E-state index in [0.29, 0.717) is 36.2 Å². The highest BCUT2D eigenvalue weighted by Gasteiger charge is 2.32. The zero-order valence-electron chi connectivity index (χ0n) is 30.0. The number of aryl methyl sites for hydroxylation is 1. The first-order valence-corrected chi connectivity index (χ1v) is 17.5. The van der Waals surface area contributed by atoms with Crippen LogP contribution in [0.1, 0.15) is 49.9 Å². The third-order valence-corrected chi connectivity index (χ3v) is 8.93. The Kier molecular flexibility index (Phi) is 14.4. The zero-order valence-corrected chi connectivity index (χ0v) is 30.0. The molecular formula is C36H48N10O7. The van der Waals surface area contributed by atoms with Crippen LogP contribution in [-0.2, 0) is 54.6 Å². The number of carbonyl (C=O) groups is 6. The van der Waals surface area contributed by atoms with E-state index in [1.807, 2.05) is 0 Å². The number of aromatic hydroxyl groups is 1. The fraction of sp³-hybridized carbons (Fsp3) is 0.444. The van der Waals surface area contributed by atoms with E-state index in [9.17, 15) is 33.9 Å². The molecule has 6 atom stereocenters. The van der Waals surface area contributed by atoms with Crippen LogP contribution in [0.15, 0.2) is 60.8 Å². The Bertz CT molecular complexity index is 1730. The molecule has 17 nitrogen and oxygen atoms in total. The van der Waals surface area contributed by atoms with E-state index in [4.69, 9.17) is 5.73 Å². The summed E-state index contributed by atoms with van der Waals surface area (Å²) in [5.74, 6) is -3.92. The van der Waals surface area contributed by atoms with Gasteiger partial charge in [0.2, 0.25) is 35.4 Å². The molecule has 0 unspecified atom stereocenters. The van der Waals surface area contributed by atoms with Crippen LogP contribution in [0.3, 0.4) is 0 Å². The lowest BCUT2D eigenvalue weighted by molar-refractivity contribution is -0.134. The molecule has 4 rings (SSSR count). The number of amides is 6. The average Bonchev–Trinajstić information content (AvgIpc) is 3.59. The van der Waals surface area contributed by atoms with Gasteiger partial charge in [-0.05, 0) is 63.4 Å². The smallest absolute Gasteiger partial charge is 0.243 e. The van der Waals surface area contributed by atoms with E-state index in [1.54, 1.807) is 67.3 Å². The summed E-state index contributed by atoms with van der Waals surface area (Å²) in [6, 6.07) is 8.61. The molecule has 0 saturated heterocycles.